The molecular weight excluding hydrogens is 2070 g/mol. The summed E-state index contributed by atoms with van der Waals surface area (Å²) in [4.78, 5) is 0. The molecule has 2 unspecified atom stereocenters. The number of rotatable bonds is 13. The second-order valence-corrected chi connectivity index (χ2v) is 43.9. The summed E-state index contributed by atoms with van der Waals surface area (Å²) in [5, 5.41) is 23.0. The van der Waals surface area contributed by atoms with Gasteiger partial charge in [0.05, 0.1) is 11.2 Å². The topological polar surface area (TPSA) is 18.5 Å². The molecule has 1 aliphatic heterocycles. The first-order chi connectivity index (χ1) is 73.1. The van der Waals surface area contributed by atoms with Gasteiger partial charge in [0.1, 0.15) is 0 Å². The number of halogens is 4. The summed E-state index contributed by atoms with van der Waals surface area (Å²) in [7, 11) is -0.473. The summed E-state index contributed by atoms with van der Waals surface area (Å²) in [6, 6.07) is 169. The van der Waals surface area contributed by atoms with Gasteiger partial charge in [0, 0.05) is 29.7 Å². The number of hydrogen-bond acceptors (Lipinski definition) is 2. The molecule has 0 saturated carbocycles. The van der Waals surface area contributed by atoms with Crippen molar-refractivity contribution < 1.29 is 9.31 Å². The molecular formula is C142H97BBr4O2. The highest BCUT2D eigenvalue weighted by Gasteiger charge is 2.53. The molecule has 4 aliphatic carbocycles. The van der Waals surface area contributed by atoms with Crippen LogP contribution in [0.4, 0.5) is 0 Å². The molecule has 2 atom stereocenters. The first-order valence-corrected chi connectivity index (χ1v) is 54.3. The fourth-order valence-corrected chi connectivity index (χ4v) is 26.0. The fraction of sp³-hybridized carbons (Fsp3) is 0.0563. The van der Waals surface area contributed by atoms with Crippen molar-refractivity contribution in [3.8, 4) is 111 Å². The number of benzene rings is 24. The molecule has 149 heavy (non-hydrogen) atoms. The van der Waals surface area contributed by atoms with Crippen LogP contribution in [0, 0.1) is 11.8 Å². The van der Waals surface area contributed by atoms with Crippen molar-refractivity contribution in [2.75, 3.05) is 0 Å². The van der Waals surface area contributed by atoms with Crippen LogP contribution >= 0.6 is 63.7 Å². The highest BCUT2D eigenvalue weighted by molar-refractivity contribution is 9.12. The van der Waals surface area contributed by atoms with Crippen LogP contribution in [-0.4, -0.2) is 18.3 Å². The van der Waals surface area contributed by atoms with Crippen molar-refractivity contribution >= 4 is 184 Å². The normalized spacial score (nSPS) is 15.4. The maximum absolute atomic E-state index is 6.70. The summed E-state index contributed by atoms with van der Waals surface area (Å²) in [5.74, 6) is 0.638. The summed E-state index contributed by atoms with van der Waals surface area (Å²) in [6.45, 7) is 8.50. The minimum Gasteiger partial charge on any atom is -0.399 e. The van der Waals surface area contributed by atoms with Gasteiger partial charge in [0.25, 0.3) is 0 Å². The van der Waals surface area contributed by atoms with Gasteiger partial charge < -0.3 is 9.31 Å². The van der Waals surface area contributed by atoms with E-state index in [0.29, 0.717) is 11.8 Å². The molecule has 0 amide bonds. The molecule has 1 saturated heterocycles. The van der Waals surface area contributed by atoms with E-state index in [0.717, 1.165) is 14.4 Å². The summed E-state index contributed by atoms with van der Waals surface area (Å²) in [5.41, 5.74) is 35.7. The van der Waals surface area contributed by atoms with Gasteiger partial charge in [0.15, 0.2) is 0 Å². The minimum atomic E-state index is -0.473. The van der Waals surface area contributed by atoms with E-state index < -0.39 is 18.3 Å². The Hall–Kier alpha value is -15.5. The molecule has 0 aromatic heterocycles. The molecule has 7 heteroatoms. The lowest BCUT2D eigenvalue weighted by molar-refractivity contribution is 0.00578. The zero-order valence-corrected chi connectivity index (χ0v) is 88.8. The fourth-order valence-electron chi connectivity index (χ4n) is 23.9. The average molecular weight is 2170 g/mol. The van der Waals surface area contributed by atoms with Crippen LogP contribution in [0.15, 0.2) is 544 Å². The molecule has 24 aromatic rings. The van der Waals surface area contributed by atoms with Gasteiger partial charge in [-0.05, 0) is 341 Å². The quantitative estimate of drug-likeness (QED) is 0.0846. The third kappa shape index (κ3) is 16.5. The number of hydrogen-bond donors (Lipinski definition) is 0. The first-order valence-electron chi connectivity index (χ1n) is 51.2. The van der Waals surface area contributed by atoms with Gasteiger partial charge in [0.2, 0.25) is 0 Å². The summed E-state index contributed by atoms with van der Waals surface area (Å²) >= 11 is 15.4. The summed E-state index contributed by atoms with van der Waals surface area (Å²) < 4.78 is 18.0. The predicted molar refractivity (Wildman–Crippen MR) is 649 cm³/mol. The summed E-state index contributed by atoms with van der Waals surface area (Å²) in [6.07, 6.45) is 13.9. The Morgan fingerprint density at radius 3 is 0.812 bits per heavy atom. The van der Waals surface area contributed by atoms with E-state index in [4.69, 9.17) is 9.31 Å². The zero-order chi connectivity index (χ0) is 100. The van der Waals surface area contributed by atoms with E-state index in [-0.39, 0.29) is 0 Å². The van der Waals surface area contributed by atoms with E-state index >= 15 is 0 Å². The Bertz CT molecular complexity index is 9410. The minimum absolute atomic E-state index is 0.319. The van der Waals surface area contributed by atoms with E-state index in [1.54, 1.807) is 0 Å². The van der Waals surface area contributed by atoms with Gasteiger partial charge in [-0.1, -0.05) is 513 Å². The van der Waals surface area contributed by atoms with Crippen LogP contribution in [0.2, 0.25) is 0 Å². The molecule has 2 nitrogen and oxygen atoms in total. The monoisotopic (exact) mass is 2160 g/mol. The molecule has 1 fully saturated rings. The molecule has 0 spiro atoms. The lowest BCUT2D eigenvalue weighted by Gasteiger charge is -2.43. The Morgan fingerprint density at radius 2 is 0.477 bits per heavy atom. The van der Waals surface area contributed by atoms with Crippen molar-refractivity contribution in [3.63, 3.8) is 0 Å². The van der Waals surface area contributed by atoms with Gasteiger partial charge in [-0.3, -0.25) is 0 Å². The highest BCUT2D eigenvalue weighted by atomic mass is 79.9. The third-order valence-electron chi connectivity index (χ3n) is 31.5. The van der Waals surface area contributed by atoms with Crippen LogP contribution < -0.4 is 5.46 Å². The maximum Gasteiger partial charge on any atom is 0.495 e. The maximum atomic E-state index is 6.70. The SMILES string of the molecule is BrC1=CC(c2ccccc2)=C2C=CC3=C(Br)C=C(c4ccccc4)C4=CC=C1C2C43.Brc1cc(-c2ccccc2)c2ccc3c(-c4ccccc4)cc(-c4ccccc4)c4ccc1c2c43.Brc1cccc(-c2cc(-c3ccccc3)c3ccc4c(-c5ccccc5)cc(-c5ccccc5)c5ccc2c3c45)c1.CC1(C)OB(c2cc(-c3ccccc3)c3ccc4c(-c5ccccc5)cc(-c5ccccc5)c5ccc2c3c54)OC1(C)C. The van der Waals surface area contributed by atoms with E-state index in [9.17, 15) is 0 Å². The highest BCUT2D eigenvalue weighted by Crippen LogP contribution is 2.60. The van der Waals surface area contributed by atoms with Crippen LogP contribution in [0.3, 0.4) is 0 Å². The molecule has 708 valence electrons. The smallest absolute Gasteiger partial charge is 0.399 e. The first kappa shape index (κ1) is 93.3. The molecule has 24 aromatic carbocycles. The van der Waals surface area contributed by atoms with Crippen molar-refractivity contribution in [1.29, 1.82) is 0 Å². The Kier molecular flexibility index (Phi) is 24.2. The van der Waals surface area contributed by atoms with Crippen LogP contribution in [-0.2, 0) is 9.31 Å². The lowest BCUT2D eigenvalue weighted by atomic mass is 9.61. The zero-order valence-electron chi connectivity index (χ0n) is 82.5. The van der Waals surface area contributed by atoms with Crippen molar-refractivity contribution in [1.82, 2.24) is 0 Å². The molecule has 0 radical (unpaired) electrons. The Labute approximate surface area is 902 Å². The third-order valence-corrected chi connectivity index (χ3v) is 34.1. The van der Waals surface area contributed by atoms with Crippen molar-refractivity contribution in [2.24, 2.45) is 11.8 Å². The molecule has 0 bridgehead atoms. The van der Waals surface area contributed by atoms with Crippen molar-refractivity contribution in [2.45, 2.75) is 38.9 Å². The Balaban J connectivity index is 0.000000101. The van der Waals surface area contributed by atoms with Gasteiger partial charge >= 0.3 is 7.12 Å². The second kappa shape index (κ2) is 38.6. The molecule has 0 N–H and O–H groups in total. The van der Waals surface area contributed by atoms with Gasteiger partial charge in [-0.2, -0.15) is 0 Å². The number of allylic oxidation sites excluding steroid dienone is 14. The lowest BCUT2D eigenvalue weighted by Crippen LogP contribution is -2.41. The van der Waals surface area contributed by atoms with Crippen LogP contribution in [0.25, 0.3) is 219 Å². The second-order valence-electron chi connectivity index (χ2n) is 40.4. The molecule has 29 rings (SSSR count). The molecule has 5 aliphatic rings. The standard InChI is InChI=1S/C40H33BO2.C40H25Br.C34H21Br.C28H18Br2/c1-39(2)40(3,4)43-41(42-39)36-25-35(28-18-12-7-13-19-28)31-21-20-29-33(26-14-8-5-9-15-26)24-34(27-16-10-6-11-17-27)30-22-23-32(36)38(31)37(29)30;41-30-18-10-17-29(23-30)38-25-37(28-15-8-3-9-16-28)33-20-19-31-35(26-11-4-1-5-12-26)24-36(27-13-6-2-7-14-27)32-21-22-34(38)40(33)39(31)32;35-32-21-31(24-14-8-3-9-15-24)27-17-16-25-29(22-10-4-1-5-11-22)20-30(23-12-6-2-7-13-23)26-18-19-28(32)34(27)33(25)26;29-25-15-23(17-7-3-1-4-8-17)19-11-13-22-26(30)16-24(18-9-5-2-6-10-18)20-12-14-21(25)27(19)28(20)22/h5-25H,1-4H3;1-25H;1-21H;1-16,27-28H. The van der Waals surface area contributed by atoms with E-state index in [2.05, 4.69) is 595 Å². The molecule has 1 heterocycles. The van der Waals surface area contributed by atoms with E-state index in [1.165, 1.54) is 262 Å². The Morgan fingerprint density at radius 1 is 0.221 bits per heavy atom. The predicted octanol–water partition coefficient (Wildman–Crippen LogP) is 40.4. The van der Waals surface area contributed by atoms with Crippen LogP contribution in [0.1, 0.15) is 38.8 Å². The largest absolute Gasteiger partial charge is 0.495 e. The van der Waals surface area contributed by atoms with Gasteiger partial charge in [-0.25, -0.2) is 0 Å². The van der Waals surface area contributed by atoms with Crippen molar-refractivity contribution in [3.05, 3.63) is 555 Å². The van der Waals surface area contributed by atoms with E-state index in [1.807, 2.05) is 0 Å². The van der Waals surface area contributed by atoms with Gasteiger partial charge in [-0.15, -0.1) is 0 Å². The average Bonchev–Trinajstić information content (AvgIpc) is 0.959. The van der Waals surface area contributed by atoms with Crippen LogP contribution in [0.5, 0.6) is 0 Å².